The molecule has 0 bridgehead atoms. The summed E-state index contributed by atoms with van der Waals surface area (Å²) in [6.45, 7) is 1.65. The first kappa shape index (κ1) is 12.9. The van der Waals surface area contributed by atoms with Gasteiger partial charge in [-0.15, -0.1) is 0 Å². The van der Waals surface area contributed by atoms with Crippen molar-refractivity contribution >= 4 is 17.7 Å². The summed E-state index contributed by atoms with van der Waals surface area (Å²) >= 11 is 0. The second kappa shape index (κ2) is 5.80. The predicted octanol–water partition coefficient (Wildman–Crippen LogP) is 0.282. The van der Waals surface area contributed by atoms with Crippen molar-refractivity contribution < 1.29 is 19.8 Å². The van der Waals surface area contributed by atoms with Crippen LogP contribution in [0.15, 0.2) is 18.3 Å². The first-order valence-corrected chi connectivity index (χ1v) is 4.91. The summed E-state index contributed by atoms with van der Waals surface area (Å²) in [6, 6.07) is 2.74. The highest BCUT2D eigenvalue weighted by molar-refractivity contribution is 5.94. The summed E-state index contributed by atoms with van der Waals surface area (Å²) in [4.78, 5) is 25.7. The Kier molecular flexibility index (Phi) is 4.41. The van der Waals surface area contributed by atoms with Crippen molar-refractivity contribution in [2.75, 3.05) is 11.9 Å². The molecular weight excluding hydrogens is 226 g/mol. The molecule has 0 saturated heterocycles. The number of amides is 2. The fourth-order valence-electron chi connectivity index (χ4n) is 1.09. The van der Waals surface area contributed by atoms with Crippen LogP contribution in [-0.2, 0) is 0 Å². The number of rotatable bonds is 4. The monoisotopic (exact) mass is 239 g/mol. The average Bonchev–Trinajstić information content (AvgIpc) is 2.25. The molecule has 17 heavy (non-hydrogen) atoms. The normalized spacial score (nSPS) is 11.6. The van der Waals surface area contributed by atoms with Crippen LogP contribution in [0.25, 0.3) is 0 Å². The topological polar surface area (TPSA) is 112 Å². The molecule has 0 aromatic carbocycles. The van der Waals surface area contributed by atoms with E-state index < -0.39 is 18.1 Å². The Morgan fingerprint density at radius 1 is 1.53 bits per heavy atom. The number of carbonyl (C=O) groups excluding carboxylic acids is 1. The summed E-state index contributed by atoms with van der Waals surface area (Å²) in [6.07, 6.45) is -0.548. The smallest absolute Gasteiger partial charge is 0.409 e. The van der Waals surface area contributed by atoms with Gasteiger partial charge in [-0.05, 0) is 19.1 Å². The maximum Gasteiger partial charge on any atom is 0.409 e. The van der Waals surface area contributed by atoms with E-state index in [-0.39, 0.29) is 17.9 Å². The van der Waals surface area contributed by atoms with Crippen LogP contribution in [-0.4, -0.2) is 39.8 Å². The van der Waals surface area contributed by atoms with Crippen molar-refractivity contribution in [2.24, 2.45) is 0 Å². The van der Waals surface area contributed by atoms with Crippen LogP contribution in [0.3, 0.4) is 0 Å². The van der Waals surface area contributed by atoms with Crippen LogP contribution < -0.4 is 10.6 Å². The lowest BCUT2D eigenvalue weighted by Crippen LogP contribution is -2.31. The molecule has 0 spiro atoms. The predicted molar refractivity (Wildman–Crippen MR) is 59.9 cm³/mol. The van der Waals surface area contributed by atoms with E-state index in [0.29, 0.717) is 0 Å². The second-order valence-electron chi connectivity index (χ2n) is 3.42. The van der Waals surface area contributed by atoms with E-state index in [1.807, 2.05) is 0 Å². The van der Waals surface area contributed by atoms with E-state index in [4.69, 9.17) is 10.2 Å². The quantitative estimate of drug-likeness (QED) is 0.603. The Hall–Kier alpha value is -2.15. The van der Waals surface area contributed by atoms with Crippen molar-refractivity contribution in [3.63, 3.8) is 0 Å². The molecule has 1 aromatic heterocycles. The number of pyridine rings is 1. The molecule has 0 aliphatic carbocycles. The molecule has 0 fully saturated rings. The van der Waals surface area contributed by atoms with Crippen molar-refractivity contribution in [1.29, 1.82) is 0 Å². The fraction of sp³-hybridized carbons (Fsp3) is 0.300. The summed E-state index contributed by atoms with van der Waals surface area (Å²) in [5, 5.41) is 22.1. The largest absolute Gasteiger partial charge is 0.465 e. The number of aromatic nitrogens is 1. The van der Waals surface area contributed by atoms with Gasteiger partial charge in [0.1, 0.15) is 5.69 Å². The van der Waals surface area contributed by atoms with E-state index in [2.05, 4.69) is 15.6 Å². The maximum atomic E-state index is 11.5. The Labute approximate surface area is 97.5 Å². The number of carbonyl (C=O) groups is 2. The van der Waals surface area contributed by atoms with E-state index in [1.54, 1.807) is 0 Å². The van der Waals surface area contributed by atoms with E-state index >= 15 is 0 Å². The number of hydrogen-bond donors (Lipinski definition) is 4. The first-order valence-electron chi connectivity index (χ1n) is 4.91. The minimum absolute atomic E-state index is 0.0805. The zero-order chi connectivity index (χ0) is 12.8. The van der Waals surface area contributed by atoms with Gasteiger partial charge in [0.05, 0.1) is 6.10 Å². The molecule has 1 rings (SSSR count). The van der Waals surface area contributed by atoms with Crippen molar-refractivity contribution in [2.45, 2.75) is 13.0 Å². The molecule has 0 aliphatic heterocycles. The van der Waals surface area contributed by atoms with Crippen molar-refractivity contribution in [3.05, 3.63) is 24.0 Å². The van der Waals surface area contributed by atoms with E-state index in [9.17, 15) is 9.59 Å². The molecule has 92 valence electrons. The summed E-state index contributed by atoms with van der Waals surface area (Å²) in [5.41, 5.74) is 0.339. The zero-order valence-electron chi connectivity index (χ0n) is 9.17. The maximum absolute atomic E-state index is 11.5. The number of anilines is 1. The van der Waals surface area contributed by atoms with Crippen LogP contribution in [0.2, 0.25) is 0 Å². The number of aliphatic hydroxyl groups is 1. The van der Waals surface area contributed by atoms with Gasteiger partial charge in [-0.2, -0.15) is 0 Å². The molecule has 2 amide bonds. The zero-order valence-corrected chi connectivity index (χ0v) is 9.17. The molecule has 1 heterocycles. The molecule has 1 aromatic rings. The lowest BCUT2D eigenvalue weighted by Gasteiger charge is -2.07. The Bertz CT molecular complexity index is 420. The minimum atomic E-state index is -1.22. The minimum Gasteiger partial charge on any atom is -0.465 e. The van der Waals surface area contributed by atoms with Crippen LogP contribution in [0.4, 0.5) is 10.5 Å². The number of carboxylic acid groups (broad SMARTS) is 1. The van der Waals surface area contributed by atoms with Crippen molar-refractivity contribution in [1.82, 2.24) is 10.3 Å². The summed E-state index contributed by atoms with van der Waals surface area (Å²) < 4.78 is 0. The molecule has 4 N–H and O–H groups in total. The highest BCUT2D eigenvalue weighted by Crippen LogP contribution is 2.07. The third-order valence-electron chi connectivity index (χ3n) is 1.80. The average molecular weight is 239 g/mol. The molecule has 0 radical (unpaired) electrons. The lowest BCUT2D eigenvalue weighted by atomic mass is 10.3. The third-order valence-corrected chi connectivity index (χ3v) is 1.80. The Balaban J connectivity index is 2.70. The molecule has 0 saturated carbocycles. The SMILES string of the molecule is CC(O)CNC(=O)c1cc(NC(=O)O)ccn1. The van der Waals surface area contributed by atoms with Gasteiger partial charge in [0.15, 0.2) is 0 Å². The summed E-state index contributed by atoms with van der Waals surface area (Å²) in [5.74, 6) is -0.472. The van der Waals surface area contributed by atoms with E-state index in [1.165, 1.54) is 25.3 Å². The lowest BCUT2D eigenvalue weighted by molar-refractivity contribution is 0.0919. The van der Waals surface area contributed by atoms with Crippen LogP contribution in [0.1, 0.15) is 17.4 Å². The summed E-state index contributed by atoms with van der Waals surface area (Å²) in [7, 11) is 0. The molecule has 7 nitrogen and oxygen atoms in total. The number of hydrogen-bond acceptors (Lipinski definition) is 4. The van der Waals surface area contributed by atoms with Crippen LogP contribution >= 0.6 is 0 Å². The van der Waals surface area contributed by atoms with E-state index in [0.717, 1.165) is 0 Å². The molecule has 1 atom stereocenters. The van der Waals surface area contributed by atoms with Gasteiger partial charge in [0.2, 0.25) is 0 Å². The Morgan fingerprint density at radius 2 is 2.24 bits per heavy atom. The van der Waals surface area contributed by atoms with Gasteiger partial charge in [-0.3, -0.25) is 15.1 Å². The van der Waals surface area contributed by atoms with Crippen molar-refractivity contribution in [3.8, 4) is 0 Å². The molecular formula is C10H13N3O4. The number of nitrogens with zero attached hydrogens (tertiary/aromatic N) is 1. The highest BCUT2D eigenvalue weighted by atomic mass is 16.4. The first-order chi connectivity index (χ1) is 7.99. The van der Waals surface area contributed by atoms with Gasteiger partial charge in [-0.1, -0.05) is 0 Å². The van der Waals surface area contributed by atoms with Gasteiger partial charge in [-0.25, -0.2) is 4.79 Å². The fourth-order valence-corrected chi connectivity index (χ4v) is 1.09. The Morgan fingerprint density at radius 3 is 2.82 bits per heavy atom. The molecule has 7 heteroatoms. The van der Waals surface area contributed by atoms with Gasteiger partial charge in [0.25, 0.3) is 5.91 Å². The molecule has 1 unspecified atom stereocenters. The third kappa shape index (κ3) is 4.47. The second-order valence-corrected chi connectivity index (χ2v) is 3.42. The van der Waals surface area contributed by atoms with Crippen LogP contribution in [0.5, 0.6) is 0 Å². The standard InChI is InChI=1S/C10H13N3O4/c1-6(14)5-12-9(15)8-4-7(2-3-11-8)13-10(16)17/h2-4,6,14H,5H2,1H3,(H,11,13)(H,12,15)(H,16,17). The van der Waals surface area contributed by atoms with Crippen LogP contribution in [0, 0.1) is 0 Å². The molecule has 0 aliphatic rings. The number of nitrogens with one attached hydrogen (secondary N) is 2. The van der Waals surface area contributed by atoms with Gasteiger partial charge < -0.3 is 15.5 Å². The highest BCUT2D eigenvalue weighted by Gasteiger charge is 2.09. The van der Waals surface area contributed by atoms with Gasteiger partial charge >= 0.3 is 6.09 Å². The number of aliphatic hydroxyl groups excluding tert-OH is 1. The van der Waals surface area contributed by atoms with Gasteiger partial charge in [0, 0.05) is 18.4 Å².